The van der Waals surface area contributed by atoms with E-state index in [9.17, 15) is 4.79 Å². The first kappa shape index (κ1) is 8.16. The van der Waals surface area contributed by atoms with Crippen LogP contribution in [0.3, 0.4) is 0 Å². The summed E-state index contributed by atoms with van der Waals surface area (Å²) >= 11 is 0. The molecule has 0 saturated carbocycles. The van der Waals surface area contributed by atoms with Gasteiger partial charge in [0.25, 0.3) is 0 Å². The van der Waals surface area contributed by atoms with Crippen molar-refractivity contribution in [2.24, 2.45) is 7.05 Å². The molecule has 2 rings (SSSR count). The van der Waals surface area contributed by atoms with Crippen molar-refractivity contribution >= 4 is 5.78 Å². The van der Waals surface area contributed by atoms with E-state index in [2.05, 4.69) is 10.1 Å². The molecule has 13 heavy (non-hydrogen) atoms. The quantitative estimate of drug-likeness (QED) is 0.666. The minimum Gasteiger partial charge on any atom is -0.295 e. The van der Waals surface area contributed by atoms with Crippen LogP contribution in [-0.4, -0.2) is 20.5 Å². The van der Waals surface area contributed by atoms with E-state index in [1.165, 1.54) is 11.9 Å². The highest BCUT2D eigenvalue weighted by Crippen LogP contribution is 2.17. The highest BCUT2D eigenvalue weighted by atomic mass is 16.1. The van der Waals surface area contributed by atoms with Crippen LogP contribution in [0.4, 0.5) is 0 Å². The molecule has 0 fully saturated rings. The van der Waals surface area contributed by atoms with Gasteiger partial charge in [-0.3, -0.25) is 9.48 Å². The summed E-state index contributed by atoms with van der Waals surface area (Å²) in [5, 5.41) is 3.97. The zero-order chi connectivity index (χ0) is 9.26. The third-order valence-electron chi connectivity index (χ3n) is 2.25. The summed E-state index contributed by atoms with van der Waals surface area (Å²) in [6.45, 7) is 0. The summed E-state index contributed by atoms with van der Waals surface area (Å²) in [7, 11) is 1.86. The molecule has 0 saturated heterocycles. The Kier molecular flexibility index (Phi) is 1.96. The van der Waals surface area contributed by atoms with Crippen LogP contribution in [0, 0.1) is 0 Å². The number of rotatable bonds is 2. The van der Waals surface area contributed by atoms with Gasteiger partial charge in [0.2, 0.25) is 0 Å². The third kappa shape index (κ3) is 1.66. The Bertz CT molecular complexity index is 365. The van der Waals surface area contributed by atoms with E-state index in [-0.39, 0.29) is 5.78 Å². The standard InChI is InChI=1S/C9H11N3O/c1-12-9(10-6-11-12)5-7-2-3-8(13)4-7/h4,6H,2-3,5H2,1H3. The number of carbonyl (C=O) groups is 1. The Labute approximate surface area is 76.3 Å². The van der Waals surface area contributed by atoms with Gasteiger partial charge in [-0.25, -0.2) is 4.98 Å². The predicted octanol–water partition coefficient (Wildman–Crippen LogP) is 0.647. The van der Waals surface area contributed by atoms with Crippen LogP contribution in [0.2, 0.25) is 0 Å². The zero-order valence-electron chi connectivity index (χ0n) is 7.53. The SMILES string of the molecule is Cn1ncnc1CC1=CC(=O)CC1. The molecule has 1 aromatic heterocycles. The molecule has 0 aromatic carbocycles. The summed E-state index contributed by atoms with van der Waals surface area (Å²) in [6.07, 6.45) is 5.56. The van der Waals surface area contributed by atoms with Crippen molar-refractivity contribution in [3.05, 3.63) is 23.8 Å². The Morgan fingerprint density at radius 3 is 2.92 bits per heavy atom. The Balaban J connectivity index is 2.11. The van der Waals surface area contributed by atoms with Crippen LogP contribution in [0.15, 0.2) is 18.0 Å². The normalized spacial score (nSPS) is 16.4. The minimum absolute atomic E-state index is 0.233. The fourth-order valence-electron chi connectivity index (χ4n) is 1.48. The Hall–Kier alpha value is -1.45. The van der Waals surface area contributed by atoms with E-state index in [0.717, 1.165) is 18.7 Å². The summed E-state index contributed by atoms with van der Waals surface area (Å²) in [5.41, 5.74) is 1.17. The summed E-state index contributed by atoms with van der Waals surface area (Å²) in [6, 6.07) is 0. The Morgan fingerprint density at radius 1 is 1.54 bits per heavy atom. The molecular weight excluding hydrogens is 166 g/mol. The maximum Gasteiger partial charge on any atom is 0.155 e. The molecule has 4 heteroatoms. The second kappa shape index (κ2) is 3.12. The molecule has 0 atom stereocenters. The third-order valence-corrected chi connectivity index (χ3v) is 2.25. The summed E-state index contributed by atoms with van der Waals surface area (Å²) in [5.74, 6) is 1.15. The molecular formula is C9H11N3O. The van der Waals surface area contributed by atoms with E-state index in [0.29, 0.717) is 6.42 Å². The van der Waals surface area contributed by atoms with Gasteiger partial charge < -0.3 is 0 Å². The van der Waals surface area contributed by atoms with Crippen LogP contribution in [-0.2, 0) is 18.3 Å². The molecule has 1 heterocycles. The van der Waals surface area contributed by atoms with E-state index in [1.54, 1.807) is 10.8 Å². The first-order valence-electron chi connectivity index (χ1n) is 4.31. The molecule has 1 aromatic rings. The first-order valence-corrected chi connectivity index (χ1v) is 4.31. The zero-order valence-corrected chi connectivity index (χ0v) is 7.53. The van der Waals surface area contributed by atoms with Crippen molar-refractivity contribution in [2.75, 3.05) is 0 Å². The predicted molar refractivity (Wildman–Crippen MR) is 47.0 cm³/mol. The Morgan fingerprint density at radius 2 is 2.38 bits per heavy atom. The molecule has 1 aliphatic carbocycles. The summed E-state index contributed by atoms with van der Waals surface area (Å²) in [4.78, 5) is 15.1. The van der Waals surface area contributed by atoms with Crippen molar-refractivity contribution in [3.8, 4) is 0 Å². The number of allylic oxidation sites excluding steroid dienone is 2. The largest absolute Gasteiger partial charge is 0.295 e. The molecule has 1 aliphatic rings. The number of aromatic nitrogens is 3. The topological polar surface area (TPSA) is 47.8 Å². The number of carbonyl (C=O) groups excluding carboxylic acids is 1. The fraction of sp³-hybridized carbons (Fsp3) is 0.444. The maximum absolute atomic E-state index is 10.9. The highest BCUT2D eigenvalue weighted by Gasteiger charge is 2.13. The fourth-order valence-corrected chi connectivity index (χ4v) is 1.48. The molecule has 0 spiro atoms. The molecule has 0 bridgehead atoms. The van der Waals surface area contributed by atoms with Crippen molar-refractivity contribution in [1.29, 1.82) is 0 Å². The molecule has 4 nitrogen and oxygen atoms in total. The van der Waals surface area contributed by atoms with Crippen molar-refractivity contribution in [3.63, 3.8) is 0 Å². The van der Waals surface area contributed by atoms with Crippen molar-refractivity contribution in [2.45, 2.75) is 19.3 Å². The van der Waals surface area contributed by atoms with E-state index < -0.39 is 0 Å². The molecule has 68 valence electrons. The van der Waals surface area contributed by atoms with Crippen molar-refractivity contribution in [1.82, 2.24) is 14.8 Å². The van der Waals surface area contributed by atoms with Crippen molar-refractivity contribution < 1.29 is 4.79 Å². The van der Waals surface area contributed by atoms with Gasteiger partial charge in [-0.05, 0) is 12.5 Å². The first-order chi connectivity index (χ1) is 6.25. The van der Waals surface area contributed by atoms with Crippen LogP contribution in [0.1, 0.15) is 18.7 Å². The van der Waals surface area contributed by atoms with Gasteiger partial charge in [0, 0.05) is 19.9 Å². The minimum atomic E-state index is 0.233. The average molecular weight is 177 g/mol. The lowest BCUT2D eigenvalue weighted by molar-refractivity contribution is -0.114. The van der Waals surface area contributed by atoms with Gasteiger partial charge in [-0.15, -0.1) is 0 Å². The van der Waals surface area contributed by atoms with E-state index >= 15 is 0 Å². The maximum atomic E-state index is 10.9. The second-order valence-electron chi connectivity index (χ2n) is 3.25. The van der Waals surface area contributed by atoms with Crippen LogP contribution in [0.25, 0.3) is 0 Å². The van der Waals surface area contributed by atoms with Gasteiger partial charge in [0.05, 0.1) is 0 Å². The summed E-state index contributed by atoms with van der Waals surface area (Å²) < 4.78 is 1.74. The van der Waals surface area contributed by atoms with Crippen LogP contribution >= 0.6 is 0 Å². The number of ketones is 1. The smallest absolute Gasteiger partial charge is 0.155 e. The molecule has 0 N–H and O–H groups in total. The van der Waals surface area contributed by atoms with Crippen LogP contribution < -0.4 is 0 Å². The monoisotopic (exact) mass is 177 g/mol. The van der Waals surface area contributed by atoms with Gasteiger partial charge in [0.1, 0.15) is 12.2 Å². The second-order valence-corrected chi connectivity index (χ2v) is 3.25. The van der Waals surface area contributed by atoms with E-state index in [1.807, 2.05) is 7.05 Å². The lowest BCUT2D eigenvalue weighted by Crippen LogP contribution is -2.00. The van der Waals surface area contributed by atoms with E-state index in [4.69, 9.17) is 0 Å². The number of nitrogens with zero attached hydrogens (tertiary/aromatic N) is 3. The van der Waals surface area contributed by atoms with Gasteiger partial charge in [-0.1, -0.05) is 5.57 Å². The molecule has 0 aliphatic heterocycles. The molecule has 0 unspecified atom stereocenters. The molecule has 0 amide bonds. The van der Waals surface area contributed by atoms with Crippen LogP contribution in [0.5, 0.6) is 0 Å². The highest BCUT2D eigenvalue weighted by molar-refractivity contribution is 5.92. The van der Waals surface area contributed by atoms with Gasteiger partial charge in [0.15, 0.2) is 5.78 Å². The lowest BCUT2D eigenvalue weighted by Gasteiger charge is -1.99. The number of hydrogen-bond donors (Lipinski definition) is 0. The van der Waals surface area contributed by atoms with Gasteiger partial charge in [-0.2, -0.15) is 5.10 Å². The molecule has 0 radical (unpaired) electrons. The lowest BCUT2D eigenvalue weighted by atomic mass is 10.1. The average Bonchev–Trinajstić information content (AvgIpc) is 2.64. The number of hydrogen-bond acceptors (Lipinski definition) is 3. The van der Waals surface area contributed by atoms with Gasteiger partial charge >= 0.3 is 0 Å². The number of aryl methyl sites for hydroxylation is 1.